The first kappa shape index (κ1) is 77.7. The Hall–Kier alpha value is -10.6. The van der Waals surface area contributed by atoms with E-state index in [1.54, 1.807) is 83.1 Å². The second kappa shape index (κ2) is 44.0. The highest BCUT2D eigenvalue weighted by Gasteiger charge is 2.15. The van der Waals surface area contributed by atoms with Crippen LogP contribution in [0.5, 0.6) is 46.0 Å². The molecule has 0 amide bonds. The van der Waals surface area contributed by atoms with Gasteiger partial charge in [-0.1, -0.05) is 115 Å². The fourth-order valence-electron chi connectivity index (χ4n) is 7.73. The van der Waals surface area contributed by atoms with Gasteiger partial charge in [0.05, 0.1) is 45.0 Å². The van der Waals surface area contributed by atoms with E-state index in [0.717, 1.165) is 34.0 Å². The number of ether oxygens (including phenoxy) is 4. The monoisotopic (exact) mass is 1350 g/mol. The number of nitrogens with one attached hydrogen (secondary N) is 3. The van der Waals surface area contributed by atoms with Gasteiger partial charge in [0.2, 0.25) is 0 Å². The van der Waals surface area contributed by atoms with Crippen molar-refractivity contribution in [3.63, 3.8) is 0 Å². The lowest BCUT2D eigenvalue weighted by Gasteiger charge is -2.10. The molecule has 0 spiro atoms. The Morgan fingerprint density at radius 2 is 0.936 bits per heavy atom. The minimum absolute atomic E-state index is 0.00477. The number of halogens is 1. The highest BCUT2D eigenvalue weighted by molar-refractivity contribution is 9.09. The number of nitrogens with zero attached hydrogens (tertiary/aromatic N) is 1. The van der Waals surface area contributed by atoms with E-state index >= 15 is 0 Å². The number of carbonyl (C=O) groups excluding carboxylic acids is 5. The molecule has 0 radical (unpaired) electrons. The Morgan fingerprint density at radius 3 is 1.39 bits per heavy atom. The largest absolute Gasteiger partial charge is 0.508 e. The highest BCUT2D eigenvalue weighted by atomic mass is 79.9. The van der Waals surface area contributed by atoms with Crippen LogP contribution in [0.25, 0.3) is 0 Å². The van der Waals surface area contributed by atoms with Gasteiger partial charge in [-0.3, -0.25) is 29.0 Å². The second-order valence-electron chi connectivity index (χ2n) is 19.9. The van der Waals surface area contributed by atoms with Crippen LogP contribution in [-0.4, -0.2) is 117 Å². The second-order valence-corrected chi connectivity index (χ2v) is 20.5. The predicted molar refractivity (Wildman–Crippen MR) is 372 cm³/mol. The summed E-state index contributed by atoms with van der Waals surface area (Å²) in [6, 6.07) is 54.0. The molecule has 500 valence electrons. The quantitative estimate of drug-likeness (QED) is 0.00832. The first-order valence-corrected chi connectivity index (χ1v) is 31.1. The highest BCUT2D eigenvalue weighted by Crippen LogP contribution is 2.32. The number of aromatic hydroxyl groups is 6. The van der Waals surface area contributed by atoms with E-state index in [2.05, 4.69) is 41.6 Å². The number of nitrogens with two attached hydrogens (primary N) is 2. The van der Waals surface area contributed by atoms with Crippen molar-refractivity contribution in [2.75, 3.05) is 73.0 Å². The lowest BCUT2D eigenvalue weighted by Crippen LogP contribution is -2.22. The standard InChI is InChI=1S/C19H22N2O4.C17H19NO3.C13H13NO.C10H12O3.C9H12N2O2.C4H7BrO2/c1-3-17(16-7-8-18(24)12(2)19(16)25)21-11-15(23)10-20-13-5-4-6-14(22)9-13;1-2-20-17(19)12-18-15-9-6-10-16(11-15)21-13-14-7-4-3-5-8-14;14-12-7-4-8-13(9-12)15-10-11-5-2-1-3-6-11;1-3-8(11)7-4-5-9(12)6(2)10(7)13;10-5-9(13)6-11-7-2-1-3-8(12)4-7;1-2-7-4(6)3-5/h4-9,20,22,24-25H,3,10-11H2,1-2H3;3-11,18H,2,12-13H2,1H3;1-9H,10,14H2;4-5,12-13H,3H2,1-2H3;1-4,11-12H,5-6,10H2;2-3H2,1H3. The summed E-state index contributed by atoms with van der Waals surface area (Å²) in [5.74, 6) is 0.952. The number of nitrogen functional groups attached to an aromatic ring is 1. The maximum atomic E-state index is 12.0. The van der Waals surface area contributed by atoms with E-state index in [1.807, 2.05) is 116 Å². The minimum Gasteiger partial charge on any atom is -0.508 e. The van der Waals surface area contributed by atoms with Gasteiger partial charge in [0, 0.05) is 75.8 Å². The third-order valence-corrected chi connectivity index (χ3v) is 13.2. The fraction of sp³-hybridized carbons (Fsp3) is 0.250. The molecule has 22 heteroatoms. The molecule has 0 saturated carbocycles. The predicted octanol–water partition coefficient (Wildman–Crippen LogP) is 12.4. The topological polar surface area (TPSA) is 344 Å². The van der Waals surface area contributed by atoms with Gasteiger partial charge >= 0.3 is 11.9 Å². The van der Waals surface area contributed by atoms with E-state index < -0.39 is 0 Å². The van der Waals surface area contributed by atoms with Gasteiger partial charge in [-0.05, 0) is 118 Å². The average Bonchev–Trinajstić information content (AvgIpc) is 0.857. The van der Waals surface area contributed by atoms with Gasteiger partial charge in [-0.25, -0.2) is 0 Å². The summed E-state index contributed by atoms with van der Waals surface area (Å²) in [5.41, 5.74) is 18.1. The van der Waals surface area contributed by atoms with Crippen molar-refractivity contribution in [1.82, 2.24) is 0 Å². The molecular formula is C72H85BrN6O15. The number of alkyl halides is 1. The smallest absolute Gasteiger partial charge is 0.325 e. The van der Waals surface area contributed by atoms with Gasteiger partial charge in [0.25, 0.3) is 0 Å². The number of anilines is 4. The summed E-state index contributed by atoms with van der Waals surface area (Å²) in [5, 5.41) is 66.0. The molecule has 0 aliphatic rings. The Bertz CT molecular complexity index is 3650. The summed E-state index contributed by atoms with van der Waals surface area (Å²) in [6.45, 7) is 12.7. The molecule has 0 aliphatic heterocycles. The molecule has 0 aromatic heterocycles. The molecule has 0 fully saturated rings. The Kier molecular flexibility index (Phi) is 36.4. The van der Waals surface area contributed by atoms with Crippen LogP contribution in [0.1, 0.15) is 78.7 Å². The molecule has 0 heterocycles. The molecule has 0 unspecified atom stereocenters. The van der Waals surface area contributed by atoms with Crippen molar-refractivity contribution < 1.29 is 73.6 Å². The zero-order valence-electron chi connectivity index (χ0n) is 53.6. The Morgan fingerprint density at radius 1 is 0.489 bits per heavy atom. The fourth-order valence-corrected chi connectivity index (χ4v) is 7.89. The van der Waals surface area contributed by atoms with Crippen molar-refractivity contribution in [2.24, 2.45) is 10.7 Å². The Balaban J connectivity index is 0.000000305. The molecule has 8 rings (SSSR count). The summed E-state index contributed by atoms with van der Waals surface area (Å²) < 4.78 is 20.7. The van der Waals surface area contributed by atoms with E-state index in [0.29, 0.717) is 78.4 Å². The molecule has 8 aromatic carbocycles. The van der Waals surface area contributed by atoms with Crippen LogP contribution in [0.15, 0.2) is 187 Å². The number of benzene rings is 8. The lowest BCUT2D eigenvalue weighted by atomic mass is 10.0. The number of ketones is 3. The summed E-state index contributed by atoms with van der Waals surface area (Å²) >= 11 is 2.94. The molecule has 0 saturated heterocycles. The zero-order chi connectivity index (χ0) is 69.2. The van der Waals surface area contributed by atoms with Crippen molar-refractivity contribution in [3.05, 3.63) is 215 Å². The number of hydrogen-bond acceptors (Lipinski definition) is 21. The van der Waals surface area contributed by atoms with Crippen molar-refractivity contribution >= 4 is 73.7 Å². The molecule has 13 N–H and O–H groups in total. The number of phenols is 6. The number of Topliss-reactive ketones (excluding diaryl/α,β-unsaturated/α-hetero) is 3. The number of phenolic OH excluding ortho intramolecular Hbond substituents is 6. The molecule has 8 aromatic rings. The summed E-state index contributed by atoms with van der Waals surface area (Å²) in [7, 11) is 0. The first-order chi connectivity index (χ1) is 45.1. The third-order valence-electron chi connectivity index (χ3n) is 12.8. The third kappa shape index (κ3) is 30.5. The maximum absolute atomic E-state index is 12.0. The average molecular weight is 1350 g/mol. The number of hydrogen-bond donors (Lipinski definition) is 11. The van der Waals surface area contributed by atoms with Gasteiger partial charge in [-0.2, -0.15) is 0 Å². The van der Waals surface area contributed by atoms with Crippen LogP contribution >= 0.6 is 15.9 Å². The van der Waals surface area contributed by atoms with Gasteiger partial charge in [0.1, 0.15) is 71.1 Å². The van der Waals surface area contributed by atoms with Crippen LogP contribution in [0, 0.1) is 13.8 Å². The van der Waals surface area contributed by atoms with Crippen molar-refractivity contribution in [2.45, 2.75) is 67.6 Å². The van der Waals surface area contributed by atoms with E-state index in [1.165, 1.54) is 24.3 Å². The molecule has 0 atom stereocenters. The van der Waals surface area contributed by atoms with Crippen LogP contribution in [0.4, 0.5) is 22.7 Å². The zero-order valence-corrected chi connectivity index (χ0v) is 55.2. The number of aliphatic imine (C=N–C) groups is 1. The molecule has 0 aliphatic carbocycles. The minimum atomic E-state index is -0.270. The summed E-state index contributed by atoms with van der Waals surface area (Å²) in [6.07, 6.45) is 0.892. The van der Waals surface area contributed by atoms with Crippen molar-refractivity contribution in [3.8, 4) is 46.0 Å². The lowest BCUT2D eigenvalue weighted by molar-refractivity contribution is -0.141. The van der Waals surface area contributed by atoms with Crippen LogP contribution in [0.2, 0.25) is 0 Å². The number of rotatable bonds is 25. The van der Waals surface area contributed by atoms with Crippen molar-refractivity contribution in [1.29, 1.82) is 0 Å². The molecule has 21 nitrogen and oxygen atoms in total. The maximum Gasteiger partial charge on any atom is 0.325 e. The van der Waals surface area contributed by atoms with Crippen LogP contribution in [-0.2, 0) is 41.9 Å². The van der Waals surface area contributed by atoms with Crippen LogP contribution < -0.4 is 36.9 Å². The van der Waals surface area contributed by atoms with E-state index in [-0.39, 0.29) is 102 Å². The SMILES string of the molecule is CCC(=NCC(=O)CNc1cccc(O)c1)c1ccc(O)c(C)c1O.CCC(=O)c1ccc(O)c(C)c1O.CCOC(=O)CBr.CCOC(=O)CNc1cccc(OCc2ccccc2)c1.NCC(=O)CNc1cccc(O)c1.Nc1cccc(OCc2ccccc2)c1. The van der Waals surface area contributed by atoms with Gasteiger partial charge in [-0.15, -0.1) is 0 Å². The molecule has 94 heavy (non-hydrogen) atoms. The number of esters is 2. The number of carbonyl (C=O) groups is 5. The molecular weight excluding hydrogens is 1270 g/mol. The molecule has 0 bridgehead atoms. The Labute approximate surface area is 557 Å². The van der Waals surface area contributed by atoms with Gasteiger partial charge < -0.3 is 77.0 Å². The van der Waals surface area contributed by atoms with Crippen LogP contribution in [0.3, 0.4) is 0 Å². The first-order valence-electron chi connectivity index (χ1n) is 29.9. The summed E-state index contributed by atoms with van der Waals surface area (Å²) in [4.78, 5) is 59.8. The van der Waals surface area contributed by atoms with E-state index in [4.69, 9.17) is 30.8 Å². The van der Waals surface area contributed by atoms with E-state index in [9.17, 15) is 49.5 Å². The normalized spacial score (nSPS) is 10.1. The van der Waals surface area contributed by atoms with Gasteiger partial charge in [0.15, 0.2) is 17.3 Å².